The summed E-state index contributed by atoms with van der Waals surface area (Å²) in [5.74, 6) is 0.479. The molecule has 3 rings (SSSR count). The van der Waals surface area contributed by atoms with Crippen molar-refractivity contribution in [2.75, 3.05) is 13.1 Å². The molecule has 0 spiro atoms. The molecule has 4 heteroatoms. The second-order valence-electron chi connectivity index (χ2n) is 6.09. The Kier molecular flexibility index (Phi) is 3.49. The van der Waals surface area contributed by atoms with Crippen LogP contribution in [0.2, 0.25) is 0 Å². The molecule has 1 saturated heterocycles. The number of rotatable bonds is 1. The number of amides is 1. The molecule has 1 aromatic carbocycles. The van der Waals surface area contributed by atoms with E-state index in [2.05, 4.69) is 13.0 Å². The van der Waals surface area contributed by atoms with E-state index in [0.717, 1.165) is 40.5 Å². The van der Waals surface area contributed by atoms with Crippen LogP contribution in [0.4, 0.5) is 0 Å². The van der Waals surface area contributed by atoms with Gasteiger partial charge in [0.05, 0.1) is 0 Å². The summed E-state index contributed by atoms with van der Waals surface area (Å²) in [5.41, 5.74) is 9.91. The standard InChI is InChI=1S/C17H22N2O2/c1-10-4-5-11(2)15-14(10)12(3)16(21-15)17(20)19-8-6-13(18)7-9-19/h4-5,13H,6-9,18H2,1-3H3. The minimum Gasteiger partial charge on any atom is -0.450 e. The summed E-state index contributed by atoms with van der Waals surface area (Å²) >= 11 is 0. The van der Waals surface area contributed by atoms with Gasteiger partial charge in [0.1, 0.15) is 5.58 Å². The highest BCUT2D eigenvalue weighted by Crippen LogP contribution is 2.31. The number of hydrogen-bond donors (Lipinski definition) is 1. The molecule has 0 unspecified atom stereocenters. The first-order chi connectivity index (χ1) is 9.99. The molecule has 0 radical (unpaired) electrons. The van der Waals surface area contributed by atoms with E-state index >= 15 is 0 Å². The van der Waals surface area contributed by atoms with Crippen LogP contribution in [0.25, 0.3) is 11.0 Å². The molecule has 0 bridgehead atoms. The monoisotopic (exact) mass is 286 g/mol. The fraction of sp³-hybridized carbons (Fsp3) is 0.471. The van der Waals surface area contributed by atoms with Crippen molar-refractivity contribution in [1.82, 2.24) is 4.90 Å². The first-order valence-electron chi connectivity index (χ1n) is 7.53. The number of benzene rings is 1. The van der Waals surface area contributed by atoms with E-state index in [-0.39, 0.29) is 11.9 Å². The molecule has 4 nitrogen and oxygen atoms in total. The van der Waals surface area contributed by atoms with Crippen LogP contribution in [0, 0.1) is 20.8 Å². The van der Waals surface area contributed by atoms with Crippen LogP contribution in [-0.4, -0.2) is 29.9 Å². The van der Waals surface area contributed by atoms with E-state index in [9.17, 15) is 4.79 Å². The van der Waals surface area contributed by atoms with Crippen molar-refractivity contribution >= 4 is 16.9 Å². The van der Waals surface area contributed by atoms with Gasteiger partial charge in [-0.1, -0.05) is 12.1 Å². The quantitative estimate of drug-likeness (QED) is 0.877. The number of furan rings is 1. The lowest BCUT2D eigenvalue weighted by molar-refractivity contribution is 0.0684. The average molecular weight is 286 g/mol. The largest absolute Gasteiger partial charge is 0.450 e. The lowest BCUT2D eigenvalue weighted by Gasteiger charge is -2.29. The highest BCUT2D eigenvalue weighted by molar-refractivity contribution is 6.00. The van der Waals surface area contributed by atoms with Gasteiger partial charge in [0.15, 0.2) is 5.76 Å². The first-order valence-corrected chi connectivity index (χ1v) is 7.53. The molecule has 2 N–H and O–H groups in total. The van der Waals surface area contributed by atoms with Crippen LogP contribution < -0.4 is 5.73 Å². The number of nitrogens with zero attached hydrogens (tertiary/aromatic N) is 1. The number of fused-ring (bicyclic) bond motifs is 1. The lowest BCUT2D eigenvalue weighted by Crippen LogP contribution is -2.42. The predicted molar refractivity (Wildman–Crippen MR) is 83.5 cm³/mol. The smallest absolute Gasteiger partial charge is 0.289 e. The van der Waals surface area contributed by atoms with Gasteiger partial charge < -0.3 is 15.1 Å². The van der Waals surface area contributed by atoms with E-state index in [1.165, 1.54) is 0 Å². The third-order valence-corrected chi connectivity index (χ3v) is 4.50. The molecule has 0 atom stereocenters. The molecule has 2 aromatic rings. The maximum atomic E-state index is 12.7. The van der Waals surface area contributed by atoms with Gasteiger partial charge in [0.2, 0.25) is 0 Å². The van der Waals surface area contributed by atoms with Gasteiger partial charge >= 0.3 is 0 Å². The molecule has 1 fully saturated rings. The first kappa shape index (κ1) is 14.1. The highest BCUT2D eigenvalue weighted by Gasteiger charge is 2.27. The van der Waals surface area contributed by atoms with E-state index in [1.54, 1.807) is 0 Å². The molecule has 0 saturated carbocycles. The van der Waals surface area contributed by atoms with E-state index < -0.39 is 0 Å². The van der Waals surface area contributed by atoms with Gasteiger partial charge in [-0.25, -0.2) is 0 Å². The Balaban J connectivity index is 2.01. The second kappa shape index (κ2) is 5.19. The van der Waals surface area contributed by atoms with Gasteiger partial charge in [0.25, 0.3) is 5.91 Å². The Hall–Kier alpha value is -1.81. The number of carbonyl (C=O) groups excluding carboxylic acids is 1. The van der Waals surface area contributed by atoms with Crippen LogP contribution in [0.15, 0.2) is 16.5 Å². The Labute approximate surface area is 124 Å². The van der Waals surface area contributed by atoms with Crippen molar-refractivity contribution < 1.29 is 9.21 Å². The minimum absolute atomic E-state index is 0.00519. The van der Waals surface area contributed by atoms with Crippen LogP contribution in [-0.2, 0) is 0 Å². The van der Waals surface area contributed by atoms with E-state index in [0.29, 0.717) is 18.8 Å². The summed E-state index contributed by atoms with van der Waals surface area (Å²) in [7, 11) is 0. The Bertz CT molecular complexity index is 694. The predicted octanol–water partition coefficient (Wildman–Crippen LogP) is 2.92. The summed E-state index contributed by atoms with van der Waals surface area (Å²) in [6.07, 6.45) is 1.73. The fourth-order valence-electron chi connectivity index (χ4n) is 3.13. The molecular weight excluding hydrogens is 264 g/mol. The number of piperidine rings is 1. The summed E-state index contributed by atoms with van der Waals surface area (Å²) in [5, 5.41) is 1.08. The molecule has 2 heterocycles. The number of likely N-dealkylation sites (tertiary alicyclic amines) is 1. The molecule has 1 amide bonds. The van der Waals surface area contributed by atoms with Crippen molar-refractivity contribution in [3.8, 4) is 0 Å². The van der Waals surface area contributed by atoms with Crippen molar-refractivity contribution in [3.63, 3.8) is 0 Å². The zero-order valence-corrected chi connectivity index (χ0v) is 12.9. The maximum absolute atomic E-state index is 12.7. The Morgan fingerprint density at radius 3 is 2.43 bits per heavy atom. The molecule has 21 heavy (non-hydrogen) atoms. The molecule has 1 aliphatic rings. The molecule has 0 aliphatic carbocycles. The SMILES string of the molecule is Cc1ccc(C)c2c(C)c(C(=O)N3CCC(N)CC3)oc12. The van der Waals surface area contributed by atoms with Crippen LogP contribution in [0.1, 0.15) is 40.1 Å². The van der Waals surface area contributed by atoms with E-state index in [1.807, 2.05) is 24.8 Å². The van der Waals surface area contributed by atoms with Crippen molar-refractivity contribution in [3.05, 3.63) is 34.6 Å². The van der Waals surface area contributed by atoms with Gasteiger partial charge in [-0.2, -0.15) is 0 Å². The van der Waals surface area contributed by atoms with Gasteiger partial charge in [-0.15, -0.1) is 0 Å². The van der Waals surface area contributed by atoms with Crippen LogP contribution >= 0.6 is 0 Å². The summed E-state index contributed by atoms with van der Waals surface area (Å²) in [6.45, 7) is 7.47. The number of nitrogens with two attached hydrogens (primary N) is 1. The molecule has 112 valence electrons. The van der Waals surface area contributed by atoms with E-state index in [4.69, 9.17) is 10.2 Å². The normalized spacial score (nSPS) is 16.7. The number of carbonyl (C=O) groups is 1. The zero-order valence-electron chi connectivity index (χ0n) is 12.9. The van der Waals surface area contributed by atoms with Crippen molar-refractivity contribution in [2.45, 2.75) is 39.7 Å². The highest BCUT2D eigenvalue weighted by atomic mass is 16.3. The molecular formula is C17H22N2O2. The maximum Gasteiger partial charge on any atom is 0.289 e. The Morgan fingerprint density at radius 1 is 1.19 bits per heavy atom. The van der Waals surface area contributed by atoms with Crippen molar-refractivity contribution in [2.24, 2.45) is 5.73 Å². The summed E-state index contributed by atoms with van der Waals surface area (Å²) < 4.78 is 5.93. The van der Waals surface area contributed by atoms with Crippen LogP contribution in [0.3, 0.4) is 0 Å². The second-order valence-corrected chi connectivity index (χ2v) is 6.09. The lowest BCUT2D eigenvalue weighted by atomic mass is 10.0. The third-order valence-electron chi connectivity index (χ3n) is 4.50. The molecule has 1 aromatic heterocycles. The van der Waals surface area contributed by atoms with Gasteiger partial charge in [-0.05, 0) is 44.7 Å². The fourth-order valence-corrected chi connectivity index (χ4v) is 3.13. The topological polar surface area (TPSA) is 59.5 Å². The van der Waals surface area contributed by atoms with Crippen molar-refractivity contribution in [1.29, 1.82) is 0 Å². The number of hydrogen-bond acceptors (Lipinski definition) is 3. The van der Waals surface area contributed by atoms with Gasteiger partial charge in [0, 0.05) is 30.1 Å². The van der Waals surface area contributed by atoms with Gasteiger partial charge in [-0.3, -0.25) is 4.79 Å². The molecule has 1 aliphatic heterocycles. The van der Waals surface area contributed by atoms with Crippen LogP contribution in [0.5, 0.6) is 0 Å². The zero-order chi connectivity index (χ0) is 15.1. The third kappa shape index (κ3) is 2.33. The average Bonchev–Trinajstić information content (AvgIpc) is 2.82. The minimum atomic E-state index is -0.00519. The summed E-state index contributed by atoms with van der Waals surface area (Å²) in [6, 6.07) is 4.33. The summed E-state index contributed by atoms with van der Waals surface area (Å²) in [4.78, 5) is 14.6. The number of aryl methyl sites for hydroxylation is 3. The Morgan fingerprint density at radius 2 is 1.81 bits per heavy atom.